The van der Waals surface area contributed by atoms with Crippen LogP contribution in [0.15, 0.2) is 24.3 Å². The molecule has 0 spiro atoms. The summed E-state index contributed by atoms with van der Waals surface area (Å²) in [5.41, 5.74) is -1.13. The highest BCUT2D eigenvalue weighted by Gasteiger charge is 2.28. The van der Waals surface area contributed by atoms with Crippen LogP contribution in [0.3, 0.4) is 0 Å². The number of benzene rings is 1. The molecule has 1 aromatic rings. The van der Waals surface area contributed by atoms with Gasteiger partial charge in [-0.05, 0) is 59.2 Å². The molecule has 0 aliphatic carbocycles. The molecule has 0 aromatic heterocycles. The maximum absolute atomic E-state index is 12.5. The average molecular weight is 393 g/mol. The number of nitrogens with one attached hydrogen (secondary N) is 2. The third-order valence-corrected chi connectivity index (χ3v) is 3.02. The zero-order chi connectivity index (χ0) is 21.7. The molecule has 154 valence electrons. The number of amides is 2. The van der Waals surface area contributed by atoms with Gasteiger partial charge >= 0.3 is 18.2 Å². The number of carboxylic acid groups (broad SMARTS) is 1. The van der Waals surface area contributed by atoms with Crippen LogP contribution in [0.2, 0.25) is 0 Å². The Morgan fingerprint density at radius 2 is 1.64 bits per heavy atom. The minimum absolute atomic E-state index is 0.0354. The lowest BCUT2D eigenvalue weighted by Gasteiger charge is -2.28. The van der Waals surface area contributed by atoms with Crippen molar-refractivity contribution >= 4 is 24.1 Å². The number of carbonyl (C=O) groups is 3. The van der Waals surface area contributed by atoms with Gasteiger partial charge in [-0.1, -0.05) is 12.1 Å². The van der Waals surface area contributed by atoms with Crippen molar-refractivity contribution in [3.05, 3.63) is 35.4 Å². The molecular weight excluding hydrogens is 366 g/mol. The van der Waals surface area contributed by atoms with Crippen molar-refractivity contribution in [2.45, 2.75) is 59.3 Å². The van der Waals surface area contributed by atoms with Crippen molar-refractivity contribution in [2.24, 2.45) is 0 Å². The van der Waals surface area contributed by atoms with E-state index >= 15 is 0 Å². The van der Waals surface area contributed by atoms with E-state index in [9.17, 15) is 14.4 Å². The highest BCUT2D eigenvalue weighted by atomic mass is 16.6. The fraction of sp³-hybridized carbons (Fsp3) is 0.474. The molecule has 0 fully saturated rings. The predicted molar refractivity (Wildman–Crippen MR) is 102 cm³/mol. The van der Waals surface area contributed by atoms with Crippen molar-refractivity contribution in [2.75, 3.05) is 0 Å². The van der Waals surface area contributed by atoms with Crippen molar-refractivity contribution in [3.8, 4) is 0 Å². The van der Waals surface area contributed by atoms with E-state index in [2.05, 4.69) is 5.32 Å². The van der Waals surface area contributed by atoms with Gasteiger partial charge in [-0.15, -0.1) is 0 Å². The monoisotopic (exact) mass is 393 g/mol. The molecule has 0 radical (unpaired) electrons. The highest BCUT2D eigenvalue weighted by molar-refractivity contribution is 5.99. The minimum atomic E-state index is -1.12. The molecule has 0 heterocycles. The summed E-state index contributed by atoms with van der Waals surface area (Å²) in [6.45, 7) is 9.82. The molecule has 2 amide bonds. The quantitative estimate of drug-likeness (QED) is 0.532. The molecule has 0 bridgehead atoms. The third-order valence-electron chi connectivity index (χ3n) is 3.02. The second-order valence-electron chi connectivity index (χ2n) is 8.05. The molecule has 0 unspecified atom stereocenters. The molecule has 0 aliphatic rings. The lowest BCUT2D eigenvalue weighted by molar-refractivity contribution is 0.0346. The van der Waals surface area contributed by atoms with Gasteiger partial charge in [0.2, 0.25) is 5.96 Å². The van der Waals surface area contributed by atoms with Crippen molar-refractivity contribution in [1.82, 2.24) is 10.2 Å². The van der Waals surface area contributed by atoms with Gasteiger partial charge in [0, 0.05) is 0 Å². The summed E-state index contributed by atoms with van der Waals surface area (Å²) in [6.07, 6.45) is -1.76. The van der Waals surface area contributed by atoms with Gasteiger partial charge in [0.1, 0.15) is 11.2 Å². The third kappa shape index (κ3) is 8.07. The van der Waals surface area contributed by atoms with Crippen LogP contribution in [0.25, 0.3) is 0 Å². The van der Waals surface area contributed by atoms with E-state index in [1.807, 2.05) is 0 Å². The van der Waals surface area contributed by atoms with E-state index in [-0.39, 0.29) is 12.1 Å². The van der Waals surface area contributed by atoms with Gasteiger partial charge in [-0.3, -0.25) is 10.7 Å². The van der Waals surface area contributed by atoms with E-state index in [4.69, 9.17) is 20.0 Å². The lowest BCUT2D eigenvalue weighted by atomic mass is 10.1. The Morgan fingerprint density at radius 3 is 2.14 bits per heavy atom. The molecule has 3 N–H and O–H groups in total. The first-order chi connectivity index (χ1) is 12.7. The summed E-state index contributed by atoms with van der Waals surface area (Å²) < 4.78 is 10.4. The van der Waals surface area contributed by atoms with Crippen molar-refractivity contribution < 1.29 is 29.0 Å². The topological polar surface area (TPSA) is 129 Å². The fourth-order valence-corrected chi connectivity index (χ4v) is 2.00. The standard InChI is InChI=1S/C19H27N3O6/c1-18(2,3)27-16(25)21-15(20)22(17(26)28-19(4,5)6)11-12-8-7-9-13(10-12)14(23)24/h7-10H,11H2,1-6H3,(H,23,24)(H2,20,21,25). The number of nitrogens with zero attached hydrogens (tertiary/aromatic N) is 1. The maximum Gasteiger partial charge on any atom is 0.417 e. The van der Waals surface area contributed by atoms with Gasteiger partial charge in [0.05, 0.1) is 12.1 Å². The predicted octanol–water partition coefficient (Wildman–Crippen LogP) is 3.58. The summed E-state index contributed by atoms with van der Waals surface area (Å²) in [5.74, 6) is -1.67. The Bertz CT molecular complexity index is 762. The summed E-state index contributed by atoms with van der Waals surface area (Å²) in [7, 11) is 0. The molecule has 9 heteroatoms. The molecule has 28 heavy (non-hydrogen) atoms. The van der Waals surface area contributed by atoms with Crippen LogP contribution in [0, 0.1) is 5.41 Å². The fourth-order valence-electron chi connectivity index (χ4n) is 2.00. The molecular formula is C19H27N3O6. The van der Waals surface area contributed by atoms with Crippen LogP contribution < -0.4 is 5.32 Å². The number of guanidine groups is 1. The molecule has 0 atom stereocenters. The number of rotatable bonds is 3. The highest BCUT2D eigenvalue weighted by Crippen LogP contribution is 2.14. The number of aromatic carboxylic acids is 1. The Hall–Kier alpha value is -3.10. The molecule has 1 rings (SSSR count). The largest absolute Gasteiger partial charge is 0.478 e. The van der Waals surface area contributed by atoms with Gasteiger partial charge in [-0.25, -0.2) is 19.3 Å². The first-order valence-corrected chi connectivity index (χ1v) is 8.59. The van der Waals surface area contributed by atoms with Gasteiger partial charge < -0.3 is 14.6 Å². The van der Waals surface area contributed by atoms with Crippen LogP contribution in [-0.4, -0.2) is 45.3 Å². The van der Waals surface area contributed by atoms with Crippen LogP contribution in [0.4, 0.5) is 9.59 Å². The van der Waals surface area contributed by atoms with Crippen LogP contribution in [0.5, 0.6) is 0 Å². The Kier molecular flexibility index (Phi) is 7.15. The first-order valence-electron chi connectivity index (χ1n) is 8.59. The number of hydrogen-bond acceptors (Lipinski definition) is 6. The Balaban J connectivity index is 3.06. The van der Waals surface area contributed by atoms with E-state index in [0.29, 0.717) is 5.56 Å². The SMILES string of the molecule is CC(C)(C)OC(=O)NC(=N)N(Cc1cccc(C(=O)O)c1)C(=O)OC(C)(C)C. The molecule has 1 aromatic carbocycles. The zero-order valence-electron chi connectivity index (χ0n) is 17.0. The second-order valence-corrected chi connectivity index (χ2v) is 8.05. The van der Waals surface area contributed by atoms with Crippen LogP contribution >= 0.6 is 0 Å². The molecule has 0 saturated heterocycles. The van der Waals surface area contributed by atoms with E-state index in [0.717, 1.165) is 4.90 Å². The Morgan fingerprint density at radius 1 is 1.07 bits per heavy atom. The smallest absolute Gasteiger partial charge is 0.417 e. The summed E-state index contributed by atoms with van der Waals surface area (Å²) >= 11 is 0. The first kappa shape index (κ1) is 22.9. The van der Waals surface area contributed by atoms with Gasteiger partial charge in [-0.2, -0.15) is 0 Å². The number of hydrogen-bond donors (Lipinski definition) is 3. The number of ether oxygens (including phenoxy) is 2. The summed E-state index contributed by atoms with van der Waals surface area (Å²) in [4.78, 5) is 36.5. The summed E-state index contributed by atoms with van der Waals surface area (Å²) in [5, 5.41) is 19.4. The minimum Gasteiger partial charge on any atom is -0.478 e. The van der Waals surface area contributed by atoms with Crippen LogP contribution in [-0.2, 0) is 16.0 Å². The average Bonchev–Trinajstić information content (AvgIpc) is 2.48. The van der Waals surface area contributed by atoms with Gasteiger partial charge in [0.15, 0.2) is 0 Å². The zero-order valence-corrected chi connectivity index (χ0v) is 17.0. The van der Waals surface area contributed by atoms with E-state index < -0.39 is 35.3 Å². The Labute approximate surface area is 164 Å². The van der Waals surface area contributed by atoms with Crippen LogP contribution in [0.1, 0.15) is 57.5 Å². The molecule has 0 saturated carbocycles. The van der Waals surface area contributed by atoms with E-state index in [1.165, 1.54) is 18.2 Å². The summed E-state index contributed by atoms with van der Waals surface area (Å²) in [6, 6.07) is 5.91. The van der Waals surface area contributed by atoms with E-state index in [1.54, 1.807) is 47.6 Å². The molecule has 0 aliphatic heterocycles. The number of carbonyl (C=O) groups excluding carboxylic acids is 2. The van der Waals surface area contributed by atoms with Crippen molar-refractivity contribution in [3.63, 3.8) is 0 Å². The molecule has 9 nitrogen and oxygen atoms in total. The normalized spacial score (nSPS) is 11.4. The van der Waals surface area contributed by atoms with Crippen molar-refractivity contribution in [1.29, 1.82) is 5.41 Å². The van der Waals surface area contributed by atoms with Gasteiger partial charge in [0.25, 0.3) is 0 Å². The lowest BCUT2D eigenvalue weighted by Crippen LogP contribution is -2.49. The maximum atomic E-state index is 12.5. The number of alkyl carbamates (subject to hydrolysis) is 1. The second kappa shape index (κ2) is 8.73. The number of carboxylic acids is 1.